The first-order valence-corrected chi connectivity index (χ1v) is 10.2. The molecule has 10 nitrogen and oxygen atoms in total. The highest BCUT2D eigenvalue weighted by atomic mass is 35.5. The van der Waals surface area contributed by atoms with Crippen LogP contribution in [-0.2, 0) is 32.0 Å². The fourth-order valence-corrected chi connectivity index (χ4v) is 3.08. The lowest BCUT2D eigenvalue weighted by atomic mass is 10.3. The van der Waals surface area contributed by atoms with Gasteiger partial charge in [0.2, 0.25) is 0 Å². The summed E-state index contributed by atoms with van der Waals surface area (Å²) in [7, 11) is -1.00. The van der Waals surface area contributed by atoms with Gasteiger partial charge < -0.3 is 0 Å². The minimum absolute atomic E-state index is 0.250. The maximum Gasteiger partial charge on any atom is 0.373 e. The Balaban J connectivity index is 0.000000496. The van der Waals surface area contributed by atoms with Gasteiger partial charge in [0.15, 0.2) is 5.15 Å². The van der Waals surface area contributed by atoms with Crippen LogP contribution in [0.4, 0.5) is 4.39 Å². The first-order chi connectivity index (χ1) is 16.6. The summed E-state index contributed by atoms with van der Waals surface area (Å²) in [6.45, 7) is 10.1. The maximum atomic E-state index is 9.96. The topological polar surface area (TPSA) is 129 Å². The maximum absolute atomic E-state index is 9.96. The highest BCUT2D eigenvalue weighted by Gasteiger charge is 2.05. The number of nitrogens with zero attached hydrogens (tertiary/aromatic N) is 6. The number of rotatable bonds is 2. The average Bonchev–Trinajstić information content (AvgIpc) is 3.40. The Morgan fingerprint density at radius 3 is 1.71 bits per heavy atom. The Labute approximate surface area is 202 Å². The molecule has 0 radical (unpaired) electrons. The molecule has 0 bridgehead atoms. The molecule has 182 valence electrons. The Hall–Kier alpha value is -3.78. The Bertz CT molecular complexity index is 1180. The molecule has 0 aliphatic carbocycles. The lowest BCUT2D eigenvalue weighted by Gasteiger charge is -1.98. The predicted molar refractivity (Wildman–Crippen MR) is 121 cm³/mol. The molecule has 0 aromatic carbocycles. The van der Waals surface area contributed by atoms with E-state index in [1.54, 1.807) is 4.52 Å². The number of fused-ring (bicyclic) bond motifs is 2. The summed E-state index contributed by atoms with van der Waals surface area (Å²) in [5.74, 6) is 0. The van der Waals surface area contributed by atoms with E-state index >= 15 is 0 Å². The van der Waals surface area contributed by atoms with Gasteiger partial charge in [0.05, 0.1) is 54.9 Å². The van der Waals surface area contributed by atoms with Gasteiger partial charge in [-0.1, -0.05) is 25.4 Å². The molecule has 0 aliphatic heterocycles. The molecule has 0 fully saturated rings. The molecule has 0 aliphatic rings. The van der Waals surface area contributed by atoms with Crippen LogP contribution in [0.1, 0.15) is 43.7 Å². The summed E-state index contributed by atoms with van der Waals surface area (Å²) in [6.07, 6.45) is 6.22. The van der Waals surface area contributed by atoms with Gasteiger partial charge in [0.25, 0.3) is 0 Å². The molecule has 0 unspecified atom stereocenters. The van der Waals surface area contributed by atoms with E-state index in [1.165, 1.54) is 0 Å². The number of hydrogen-bond donors (Lipinski definition) is 0. The van der Waals surface area contributed by atoms with Gasteiger partial charge in [-0.3, -0.25) is 9.37 Å². The van der Waals surface area contributed by atoms with E-state index in [9.17, 15) is 4.39 Å². The average molecular weight is 494 g/mol. The van der Waals surface area contributed by atoms with Crippen molar-refractivity contribution in [1.29, 1.82) is 0 Å². The number of alkyl halides is 1. The van der Waals surface area contributed by atoms with Gasteiger partial charge in [-0.25, -0.2) is 14.0 Å². The molecule has 0 amide bonds. The van der Waals surface area contributed by atoms with Gasteiger partial charge in [-0.2, -0.15) is 29.4 Å². The van der Waals surface area contributed by atoms with E-state index in [1.807, 2.05) is 43.7 Å². The molecular formula is C22H26ClFN6O4. The lowest BCUT2D eigenvalue weighted by molar-refractivity contribution is -0.193. The second-order valence-electron chi connectivity index (χ2n) is 6.45. The van der Waals surface area contributed by atoms with E-state index in [0.29, 0.717) is 5.15 Å². The summed E-state index contributed by atoms with van der Waals surface area (Å²) >= 11 is 5.96. The summed E-state index contributed by atoms with van der Waals surface area (Å²) in [6, 6.07) is 4.07. The Kier molecular flexibility index (Phi) is 13.2. The van der Waals surface area contributed by atoms with Crippen LogP contribution in [0.5, 0.6) is 0 Å². The van der Waals surface area contributed by atoms with Crippen molar-refractivity contribution >= 4 is 34.9 Å². The molecule has 0 saturated heterocycles. The summed E-state index contributed by atoms with van der Waals surface area (Å²) in [4.78, 5) is 41.0. The molecule has 34 heavy (non-hydrogen) atoms. The van der Waals surface area contributed by atoms with Crippen LogP contribution in [-0.4, -0.2) is 48.7 Å². The SMILES string of the molecule is CCc1cc2c(C)nc(C)cn2n1.CCc1cc2c(Cl)nc(C)cn2n1.O=C=O.O=C=O.[2H]CF. The molecule has 12 heteroatoms. The van der Waals surface area contributed by atoms with Crippen LogP contribution >= 0.6 is 11.6 Å². The molecule has 4 aromatic heterocycles. The number of halogens is 2. The van der Waals surface area contributed by atoms with Crippen molar-refractivity contribution in [1.82, 2.24) is 29.2 Å². The van der Waals surface area contributed by atoms with E-state index < -0.39 is 7.15 Å². The van der Waals surface area contributed by atoms with E-state index in [2.05, 4.69) is 40.1 Å². The molecule has 0 atom stereocenters. The minimum atomic E-state index is -1.00. The fraction of sp³-hybridized carbons (Fsp3) is 0.364. The first-order valence-electron chi connectivity index (χ1n) is 10.5. The van der Waals surface area contributed by atoms with Gasteiger partial charge in [-0.05, 0) is 45.7 Å². The standard InChI is InChI=1S/C10H13N3.C9H10ClN3.CH3F.2CO2/c1-4-9-5-10-8(3)11-7(2)6-13(10)12-9;1-3-7-4-8-9(10)11-6(2)5-13(8)12-7;1-2;2*2-1-3/h5-6H,4H2,1-3H3;4-5H,3H2,1-2H3;1H3;;/i;;1D;;. The largest absolute Gasteiger partial charge is 0.373 e. The van der Waals surface area contributed by atoms with Crippen molar-refractivity contribution in [2.75, 3.05) is 7.15 Å². The van der Waals surface area contributed by atoms with E-state index in [0.717, 1.165) is 52.3 Å². The van der Waals surface area contributed by atoms with Crippen LogP contribution in [0.15, 0.2) is 24.5 Å². The van der Waals surface area contributed by atoms with Crippen molar-refractivity contribution in [3.05, 3.63) is 58.1 Å². The second kappa shape index (κ2) is 15.9. The Morgan fingerprint density at radius 1 is 0.882 bits per heavy atom. The first kappa shape index (κ1) is 28.3. The second-order valence-corrected chi connectivity index (χ2v) is 6.80. The molecular weight excluding hydrogens is 467 g/mol. The highest BCUT2D eigenvalue weighted by Crippen LogP contribution is 2.16. The van der Waals surface area contributed by atoms with E-state index in [4.69, 9.17) is 32.1 Å². The normalized spacial score (nSPS) is 9.44. The third kappa shape index (κ3) is 8.99. The van der Waals surface area contributed by atoms with Crippen molar-refractivity contribution in [3.63, 3.8) is 0 Å². The van der Waals surface area contributed by atoms with E-state index in [-0.39, 0.29) is 12.3 Å². The third-order valence-corrected chi connectivity index (χ3v) is 4.39. The monoisotopic (exact) mass is 493 g/mol. The molecule has 4 rings (SSSR count). The van der Waals surface area contributed by atoms with Crippen molar-refractivity contribution in [2.24, 2.45) is 0 Å². The predicted octanol–water partition coefficient (Wildman–Crippen LogP) is 3.58. The zero-order chi connectivity index (χ0) is 27.0. The third-order valence-electron chi connectivity index (χ3n) is 4.12. The molecule has 0 N–H and O–H groups in total. The number of aromatic nitrogens is 6. The zero-order valence-corrected chi connectivity index (χ0v) is 20.3. The van der Waals surface area contributed by atoms with Crippen LogP contribution in [0.25, 0.3) is 11.0 Å². The zero-order valence-electron chi connectivity index (χ0n) is 20.5. The van der Waals surface area contributed by atoms with Gasteiger partial charge in [0, 0.05) is 0 Å². The van der Waals surface area contributed by atoms with Crippen LogP contribution in [0.2, 0.25) is 5.15 Å². The van der Waals surface area contributed by atoms with Crippen molar-refractivity contribution in [2.45, 2.75) is 47.5 Å². The summed E-state index contributed by atoms with van der Waals surface area (Å²) < 4.78 is 19.2. The lowest BCUT2D eigenvalue weighted by Crippen LogP contribution is -1.95. The van der Waals surface area contributed by atoms with Crippen LogP contribution in [0.3, 0.4) is 0 Å². The molecule has 0 spiro atoms. The smallest absolute Gasteiger partial charge is 0.255 e. The van der Waals surface area contributed by atoms with Gasteiger partial charge in [0.1, 0.15) is 5.52 Å². The van der Waals surface area contributed by atoms with Crippen LogP contribution < -0.4 is 0 Å². The number of hydrogen-bond acceptors (Lipinski definition) is 8. The Morgan fingerprint density at radius 2 is 1.26 bits per heavy atom. The van der Waals surface area contributed by atoms with Crippen molar-refractivity contribution < 1.29 is 24.9 Å². The quantitative estimate of drug-likeness (QED) is 0.414. The van der Waals surface area contributed by atoms with Crippen molar-refractivity contribution in [3.8, 4) is 0 Å². The molecule has 0 saturated carbocycles. The van der Waals surface area contributed by atoms with Crippen LogP contribution in [0, 0.1) is 20.8 Å². The number of aryl methyl sites for hydroxylation is 5. The number of carbonyl (C=O) groups excluding carboxylic acids is 4. The fourth-order valence-electron chi connectivity index (χ4n) is 2.80. The van der Waals surface area contributed by atoms with Gasteiger partial charge in [-0.15, -0.1) is 0 Å². The molecule has 4 heterocycles. The summed E-state index contributed by atoms with van der Waals surface area (Å²) in [5, 5.41) is 9.30. The highest BCUT2D eigenvalue weighted by molar-refractivity contribution is 6.32. The van der Waals surface area contributed by atoms with Gasteiger partial charge >= 0.3 is 12.3 Å². The minimum Gasteiger partial charge on any atom is -0.255 e. The molecule has 4 aromatic rings. The summed E-state index contributed by atoms with van der Waals surface area (Å²) in [5.41, 5.74) is 7.09.